The van der Waals surface area contributed by atoms with Crippen LogP contribution >= 0.6 is 11.8 Å². The van der Waals surface area contributed by atoms with Crippen molar-refractivity contribution in [3.8, 4) is 0 Å². The van der Waals surface area contributed by atoms with Gasteiger partial charge in [-0.15, -0.1) is 0 Å². The van der Waals surface area contributed by atoms with Crippen LogP contribution in [-0.2, 0) is 9.59 Å². The van der Waals surface area contributed by atoms with Crippen molar-refractivity contribution >= 4 is 23.5 Å². The number of carbonyl (C=O) groups is 2. The molecule has 0 unspecified atom stereocenters. The van der Waals surface area contributed by atoms with Crippen LogP contribution in [0.25, 0.3) is 0 Å². The average molecular weight is 189 g/mol. The summed E-state index contributed by atoms with van der Waals surface area (Å²) in [4.78, 5) is 21.4. The summed E-state index contributed by atoms with van der Waals surface area (Å²) >= 11 is 1.77. The molecule has 1 N–H and O–H groups in total. The Labute approximate surface area is 77.3 Å². The molecular formula is C8H15NO2S. The number of hydrogen-bond donors (Lipinski definition) is 1. The lowest BCUT2D eigenvalue weighted by molar-refractivity contribution is -0.127. The highest BCUT2D eigenvalue weighted by Gasteiger charge is 2.02. The quantitative estimate of drug-likeness (QED) is 0.497. The first-order valence-electron chi connectivity index (χ1n) is 4.00. The molecule has 0 spiro atoms. The third-order valence-corrected chi connectivity index (χ3v) is 2.08. The zero-order valence-corrected chi connectivity index (χ0v) is 8.37. The second-order valence-corrected chi connectivity index (χ2v) is 3.82. The maximum Gasteiger partial charge on any atom is 0.227 e. The molecule has 1 amide bonds. The summed E-state index contributed by atoms with van der Waals surface area (Å²) in [5.74, 6) is 1.72. The van der Waals surface area contributed by atoms with Crippen molar-refractivity contribution in [3.63, 3.8) is 0 Å². The third-order valence-electron chi connectivity index (χ3n) is 1.18. The van der Waals surface area contributed by atoms with Gasteiger partial charge in [0.15, 0.2) is 0 Å². The smallest absolute Gasteiger partial charge is 0.227 e. The van der Waals surface area contributed by atoms with Gasteiger partial charge in [0.2, 0.25) is 5.91 Å². The summed E-state index contributed by atoms with van der Waals surface area (Å²) in [5, 5.41) is 2.67. The van der Waals surface area contributed by atoms with Crippen molar-refractivity contribution in [3.05, 3.63) is 0 Å². The highest BCUT2D eigenvalue weighted by atomic mass is 32.2. The highest BCUT2D eigenvalue weighted by molar-refractivity contribution is 7.99. The third kappa shape index (κ3) is 7.60. The summed E-state index contributed by atoms with van der Waals surface area (Å²) < 4.78 is 0. The molecule has 0 aliphatic heterocycles. The van der Waals surface area contributed by atoms with Gasteiger partial charge in [0, 0.05) is 12.3 Å². The molecular weight excluding hydrogens is 174 g/mol. The molecule has 0 aromatic rings. The van der Waals surface area contributed by atoms with E-state index >= 15 is 0 Å². The molecule has 0 radical (unpaired) electrons. The number of thioether (sulfide) groups is 1. The molecule has 0 aromatic carbocycles. The van der Waals surface area contributed by atoms with Crippen LogP contribution in [0, 0.1) is 0 Å². The number of ketones is 1. The monoisotopic (exact) mass is 189 g/mol. The van der Waals surface area contributed by atoms with E-state index in [1.807, 2.05) is 0 Å². The van der Waals surface area contributed by atoms with Crippen molar-refractivity contribution < 1.29 is 9.59 Å². The van der Waals surface area contributed by atoms with E-state index in [0.29, 0.717) is 6.54 Å². The van der Waals surface area contributed by atoms with Crippen LogP contribution in [0.3, 0.4) is 0 Å². The van der Waals surface area contributed by atoms with E-state index in [9.17, 15) is 9.59 Å². The summed E-state index contributed by atoms with van der Waals surface area (Å²) in [6.45, 7) is 4.15. The number of rotatable bonds is 6. The zero-order valence-electron chi connectivity index (χ0n) is 7.55. The number of nitrogens with one attached hydrogen (secondary N) is 1. The Balaban J connectivity index is 3.26. The van der Waals surface area contributed by atoms with Crippen LogP contribution in [-0.4, -0.2) is 29.7 Å². The van der Waals surface area contributed by atoms with Crippen LogP contribution in [0.15, 0.2) is 0 Å². The number of Topliss-reactive ketones (excluding diaryl/α,β-unsaturated/α-hetero) is 1. The summed E-state index contributed by atoms with van der Waals surface area (Å²) in [6.07, 6.45) is 0.0107. The average Bonchev–Trinajstić information content (AvgIpc) is 1.97. The molecule has 0 heterocycles. The maximum absolute atomic E-state index is 10.9. The van der Waals surface area contributed by atoms with Gasteiger partial charge in [-0.05, 0) is 12.7 Å². The Bertz CT molecular complexity index is 159. The minimum absolute atomic E-state index is 0.0107. The van der Waals surface area contributed by atoms with Crippen LogP contribution in [0.2, 0.25) is 0 Å². The van der Waals surface area contributed by atoms with Gasteiger partial charge in [-0.1, -0.05) is 6.92 Å². The van der Waals surface area contributed by atoms with Crippen LogP contribution in [0.4, 0.5) is 0 Å². The first kappa shape index (κ1) is 11.5. The number of amides is 1. The van der Waals surface area contributed by atoms with Gasteiger partial charge in [0.05, 0.1) is 6.42 Å². The largest absolute Gasteiger partial charge is 0.355 e. The molecule has 12 heavy (non-hydrogen) atoms. The summed E-state index contributed by atoms with van der Waals surface area (Å²) in [5.41, 5.74) is 0. The van der Waals surface area contributed by atoms with E-state index in [4.69, 9.17) is 0 Å². The van der Waals surface area contributed by atoms with Gasteiger partial charge < -0.3 is 5.32 Å². The molecule has 0 saturated heterocycles. The molecule has 3 nitrogen and oxygen atoms in total. The first-order valence-corrected chi connectivity index (χ1v) is 5.16. The van der Waals surface area contributed by atoms with E-state index in [0.717, 1.165) is 11.5 Å². The summed E-state index contributed by atoms with van der Waals surface area (Å²) in [6, 6.07) is 0. The van der Waals surface area contributed by atoms with Crippen molar-refractivity contribution in [2.45, 2.75) is 20.3 Å². The second kappa shape index (κ2) is 7.16. The SMILES string of the molecule is CCSCCNC(=O)CC(C)=O. The Morgan fingerprint density at radius 1 is 1.42 bits per heavy atom. The number of hydrogen-bond acceptors (Lipinski definition) is 3. The fraction of sp³-hybridized carbons (Fsp3) is 0.750. The Hall–Kier alpha value is -0.510. The van der Waals surface area contributed by atoms with Crippen LogP contribution in [0.1, 0.15) is 20.3 Å². The molecule has 0 aliphatic rings. The predicted molar refractivity (Wildman–Crippen MR) is 51.3 cm³/mol. The lowest BCUT2D eigenvalue weighted by atomic mass is 10.3. The molecule has 0 aliphatic carbocycles. The molecule has 0 bridgehead atoms. The van der Waals surface area contributed by atoms with E-state index < -0.39 is 0 Å². The standard InChI is InChI=1S/C8H15NO2S/c1-3-12-5-4-9-8(11)6-7(2)10/h3-6H2,1-2H3,(H,9,11). The lowest BCUT2D eigenvalue weighted by Gasteiger charge is -2.01. The van der Waals surface area contributed by atoms with E-state index in [1.54, 1.807) is 11.8 Å². The van der Waals surface area contributed by atoms with E-state index in [2.05, 4.69) is 12.2 Å². The van der Waals surface area contributed by atoms with E-state index in [1.165, 1.54) is 6.92 Å². The predicted octanol–water partition coefficient (Wildman–Crippen LogP) is 0.835. The van der Waals surface area contributed by atoms with Gasteiger partial charge in [0.1, 0.15) is 5.78 Å². The Morgan fingerprint density at radius 2 is 2.08 bits per heavy atom. The van der Waals surface area contributed by atoms with Gasteiger partial charge >= 0.3 is 0 Å². The lowest BCUT2D eigenvalue weighted by Crippen LogP contribution is -2.27. The Morgan fingerprint density at radius 3 is 2.58 bits per heavy atom. The molecule has 0 aromatic heterocycles. The molecule has 0 rings (SSSR count). The van der Waals surface area contributed by atoms with Gasteiger partial charge in [0.25, 0.3) is 0 Å². The molecule has 4 heteroatoms. The first-order chi connectivity index (χ1) is 5.66. The molecule has 70 valence electrons. The van der Waals surface area contributed by atoms with Crippen molar-refractivity contribution in [2.75, 3.05) is 18.1 Å². The minimum atomic E-state index is -0.167. The van der Waals surface area contributed by atoms with Crippen LogP contribution < -0.4 is 5.32 Å². The fourth-order valence-corrected chi connectivity index (χ4v) is 1.23. The van der Waals surface area contributed by atoms with Crippen molar-refractivity contribution in [2.24, 2.45) is 0 Å². The normalized spacial score (nSPS) is 9.50. The maximum atomic E-state index is 10.9. The van der Waals surface area contributed by atoms with Gasteiger partial charge in [-0.25, -0.2) is 0 Å². The summed E-state index contributed by atoms with van der Waals surface area (Å²) in [7, 11) is 0. The number of carbonyl (C=O) groups excluding carboxylic acids is 2. The minimum Gasteiger partial charge on any atom is -0.355 e. The molecule has 0 fully saturated rings. The fourth-order valence-electron chi connectivity index (χ4n) is 0.696. The zero-order chi connectivity index (χ0) is 9.40. The van der Waals surface area contributed by atoms with Crippen molar-refractivity contribution in [1.82, 2.24) is 5.32 Å². The van der Waals surface area contributed by atoms with Gasteiger partial charge in [-0.2, -0.15) is 11.8 Å². The highest BCUT2D eigenvalue weighted by Crippen LogP contribution is 1.95. The van der Waals surface area contributed by atoms with Crippen LogP contribution in [0.5, 0.6) is 0 Å². The Kier molecular flexibility index (Phi) is 6.85. The molecule has 0 atom stereocenters. The van der Waals surface area contributed by atoms with Gasteiger partial charge in [-0.3, -0.25) is 9.59 Å². The van der Waals surface area contributed by atoms with Crippen molar-refractivity contribution in [1.29, 1.82) is 0 Å². The second-order valence-electron chi connectivity index (χ2n) is 2.43. The topological polar surface area (TPSA) is 46.2 Å². The molecule has 0 saturated carbocycles. The van der Waals surface area contributed by atoms with E-state index in [-0.39, 0.29) is 18.1 Å².